The third-order valence-corrected chi connectivity index (χ3v) is 7.45. The minimum Gasteiger partial charge on any atom is -0.378 e. The summed E-state index contributed by atoms with van der Waals surface area (Å²) >= 11 is 0. The van der Waals surface area contributed by atoms with Crippen LogP contribution in [0.1, 0.15) is 31.9 Å². The Morgan fingerprint density at radius 3 is 2.27 bits per heavy atom. The van der Waals surface area contributed by atoms with E-state index in [1.54, 1.807) is 0 Å². The number of rotatable bonds is 7. The van der Waals surface area contributed by atoms with Crippen molar-refractivity contribution in [2.75, 3.05) is 31.2 Å². The summed E-state index contributed by atoms with van der Waals surface area (Å²) in [6, 6.07) is 12.4. The summed E-state index contributed by atoms with van der Waals surface area (Å²) in [5, 5.41) is 1.94. The number of ether oxygens (including phenoxy) is 1. The van der Waals surface area contributed by atoms with Crippen molar-refractivity contribution in [3.8, 4) is 0 Å². The third kappa shape index (κ3) is 5.37. The molecule has 1 fully saturated rings. The van der Waals surface area contributed by atoms with E-state index in [0.717, 1.165) is 36.5 Å². The van der Waals surface area contributed by atoms with E-state index in [4.69, 9.17) is 4.74 Å². The molecule has 0 aromatic heterocycles. The number of nitrogens with one attached hydrogen (secondary N) is 1. The van der Waals surface area contributed by atoms with Crippen LogP contribution in [-0.4, -0.2) is 45.9 Å². The molecule has 1 aliphatic rings. The van der Waals surface area contributed by atoms with E-state index >= 15 is 0 Å². The van der Waals surface area contributed by atoms with Gasteiger partial charge in [0.15, 0.2) is 9.84 Å². The lowest BCUT2D eigenvalue weighted by Gasteiger charge is -2.29. The lowest BCUT2D eigenvalue weighted by Crippen LogP contribution is -2.36. The number of benzene rings is 2. The number of nitrogens with zero attached hydrogens (tertiary/aromatic N) is 1. The summed E-state index contributed by atoms with van der Waals surface area (Å²) < 4.78 is 43.6. The van der Waals surface area contributed by atoms with Crippen LogP contribution in [0.5, 0.6) is 0 Å². The van der Waals surface area contributed by atoms with E-state index in [2.05, 4.69) is 10.2 Å². The van der Waals surface area contributed by atoms with Crippen molar-refractivity contribution in [3.05, 3.63) is 59.9 Å². The number of anilines is 1. The van der Waals surface area contributed by atoms with E-state index in [9.17, 15) is 17.6 Å². The van der Waals surface area contributed by atoms with Gasteiger partial charge in [-0.15, -0.1) is 0 Å². The van der Waals surface area contributed by atoms with Gasteiger partial charge in [0, 0.05) is 25.2 Å². The standard InChI is InChI=1S/C22H27FN2O4S/c1-16(30(27,28)21-9-5-19(23)6-10-21)15-22(26)24-17(2)18-3-7-20(8-4-18)25-11-13-29-14-12-25/h3-10,16-17H,11-15H2,1-2H3,(H,24,26). The molecule has 162 valence electrons. The maximum Gasteiger partial charge on any atom is 0.221 e. The topological polar surface area (TPSA) is 75.7 Å². The molecule has 0 bridgehead atoms. The van der Waals surface area contributed by atoms with Crippen LogP contribution < -0.4 is 10.2 Å². The molecular weight excluding hydrogens is 407 g/mol. The minimum atomic E-state index is -3.71. The number of amides is 1. The van der Waals surface area contributed by atoms with E-state index in [1.165, 1.54) is 19.1 Å². The highest BCUT2D eigenvalue weighted by atomic mass is 32.2. The molecule has 8 heteroatoms. The van der Waals surface area contributed by atoms with Crippen LogP contribution in [0.4, 0.5) is 10.1 Å². The summed E-state index contributed by atoms with van der Waals surface area (Å²) in [5.74, 6) is -0.856. The predicted octanol–water partition coefficient (Wildman–Crippen LogP) is 3.09. The number of hydrogen-bond donors (Lipinski definition) is 1. The Labute approximate surface area is 177 Å². The van der Waals surface area contributed by atoms with Crippen LogP contribution in [0, 0.1) is 5.82 Å². The lowest BCUT2D eigenvalue weighted by atomic mass is 10.1. The van der Waals surface area contributed by atoms with Gasteiger partial charge in [-0.1, -0.05) is 12.1 Å². The second kappa shape index (κ2) is 9.57. The number of morpholine rings is 1. The van der Waals surface area contributed by atoms with Crippen LogP contribution in [-0.2, 0) is 19.4 Å². The molecule has 0 radical (unpaired) electrons. The van der Waals surface area contributed by atoms with Gasteiger partial charge in [0.05, 0.1) is 29.4 Å². The first-order valence-electron chi connectivity index (χ1n) is 9.99. The van der Waals surface area contributed by atoms with Gasteiger partial charge in [-0.2, -0.15) is 0 Å². The number of carbonyl (C=O) groups is 1. The Balaban J connectivity index is 1.57. The summed E-state index contributed by atoms with van der Waals surface area (Å²) in [4.78, 5) is 14.7. The Kier molecular flexibility index (Phi) is 7.10. The smallest absolute Gasteiger partial charge is 0.221 e. The fraction of sp³-hybridized carbons (Fsp3) is 0.409. The second-order valence-corrected chi connectivity index (χ2v) is 9.86. The third-order valence-electron chi connectivity index (χ3n) is 5.29. The summed E-state index contributed by atoms with van der Waals surface area (Å²) in [5.41, 5.74) is 2.05. The molecule has 2 aromatic carbocycles. The van der Waals surface area contributed by atoms with Crippen molar-refractivity contribution in [1.29, 1.82) is 0 Å². The van der Waals surface area contributed by atoms with E-state index in [0.29, 0.717) is 13.2 Å². The predicted molar refractivity (Wildman–Crippen MR) is 114 cm³/mol. The van der Waals surface area contributed by atoms with Crippen molar-refractivity contribution < 1.29 is 22.3 Å². The van der Waals surface area contributed by atoms with Crippen molar-refractivity contribution in [1.82, 2.24) is 5.32 Å². The zero-order chi connectivity index (χ0) is 21.7. The SMILES string of the molecule is CC(NC(=O)CC(C)S(=O)(=O)c1ccc(F)cc1)c1ccc(N2CCOCC2)cc1. The molecule has 0 saturated carbocycles. The van der Waals surface area contributed by atoms with Gasteiger partial charge in [-0.25, -0.2) is 12.8 Å². The highest BCUT2D eigenvalue weighted by Crippen LogP contribution is 2.22. The second-order valence-electron chi connectivity index (χ2n) is 7.49. The molecular formula is C22H27FN2O4S. The van der Waals surface area contributed by atoms with Gasteiger partial charge >= 0.3 is 0 Å². The molecule has 2 unspecified atom stereocenters. The molecule has 1 heterocycles. The molecule has 0 aliphatic carbocycles. The van der Waals surface area contributed by atoms with Crippen molar-refractivity contribution >= 4 is 21.4 Å². The lowest BCUT2D eigenvalue weighted by molar-refractivity contribution is -0.121. The molecule has 3 rings (SSSR count). The summed E-state index contributed by atoms with van der Waals surface area (Å²) in [7, 11) is -3.71. The highest BCUT2D eigenvalue weighted by molar-refractivity contribution is 7.92. The fourth-order valence-electron chi connectivity index (χ4n) is 3.41. The zero-order valence-corrected chi connectivity index (χ0v) is 18.0. The molecule has 1 aliphatic heterocycles. The largest absolute Gasteiger partial charge is 0.378 e. The van der Waals surface area contributed by atoms with E-state index < -0.39 is 20.9 Å². The van der Waals surface area contributed by atoms with Crippen LogP contribution in [0.15, 0.2) is 53.4 Å². The van der Waals surface area contributed by atoms with E-state index in [1.807, 2.05) is 31.2 Å². The number of hydrogen-bond acceptors (Lipinski definition) is 5. The Hall–Kier alpha value is -2.45. The van der Waals surface area contributed by atoms with Gasteiger partial charge in [-0.05, 0) is 55.8 Å². The number of carbonyl (C=O) groups excluding carboxylic acids is 1. The van der Waals surface area contributed by atoms with Gasteiger partial charge in [0.1, 0.15) is 5.82 Å². The number of halogens is 1. The normalized spacial score (nSPS) is 16.7. The minimum absolute atomic E-state index is 0.0101. The number of sulfone groups is 1. The van der Waals surface area contributed by atoms with Crippen LogP contribution in [0.3, 0.4) is 0 Å². The van der Waals surface area contributed by atoms with Gasteiger partial charge in [0.2, 0.25) is 5.91 Å². The first-order chi connectivity index (χ1) is 14.3. The Bertz CT molecular complexity index is 956. The van der Waals surface area contributed by atoms with Gasteiger partial charge < -0.3 is 15.0 Å². The van der Waals surface area contributed by atoms with Crippen molar-refractivity contribution in [3.63, 3.8) is 0 Å². The van der Waals surface area contributed by atoms with Gasteiger partial charge in [0.25, 0.3) is 0 Å². The first-order valence-corrected chi connectivity index (χ1v) is 11.5. The molecule has 0 spiro atoms. The molecule has 2 aromatic rings. The molecule has 30 heavy (non-hydrogen) atoms. The van der Waals surface area contributed by atoms with Crippen LogP contribution >= 0.6 is 0 Å². The molecule has 1 saturated heterocycles. The van der Waals surface area contributed by atoms with Crippen molar-refractivity contribution in [2.24, 2.45) is 0 Å². The van der Waals surface area contributed by atoms with Crippen LogP contribution in [0.2, 0.25) is 0 Å². The average molecular weight is 435 g/mol. The quantitative estimate of drug-likeness (QED) is 0.678. The maximum atomic E-state index is 13.1. The molecule has 1 N–H and O–H groups in total. The van der Waals surface area contributed by atoms with Gasteiger partial charge in [-0.3, -0.25) is 4.79 Å². The molecule has 2 atom stereocenters. The zero-order valence-electron chi connectivity index (χ0n) is 17.2. The Morgan fingerprint density at radius 1 is 1.07 bits per heavy atom. The molecule has 1 amide bonds. The molecule has 6 nitrogen and oxygen atoms in total. The monoisotopic (exact) mass is 434 g/mol. The average Bonchev–Trinajstić information content (AvgIpc) is 2.74. The summed E-state index contributed by atoms with van der Waals surface area (Å²) in [6.07, 6.45) is -0.171. The summed E-state index contributed by atoms with van der Waals surface area (Å²) in [6.45, 7) is 6.49. The fourth-order valence-corrected chi connectivity index (χ4v) is 4.76. The van der Waals surface area contributed by atoms with Crippen LogP contribution in [0.25, 0.3) is 0 Å². The maximum absolute atomic E-state index is 13.1. The van der Waals surface area contributed by atoms with Crippen molar-refractivity contribution in [2.45, 2.75) is 36.5 Å². The first kappa shape index (κ1) is 22.2. The Morgan fingerprint density at radius 2 is 1.67 bits per heavy atom. The highest BCUT2D eigenvalue weighted by Gasteiger charge is 2.26. The van der Waals surface area contributed by atoms with E-state index in [-0.39, 0.29) is 23.3 Å².